The molecule has 0 fully saturated rings. The normalized spacial score (nSPS) is 12.8. The van der Waals surface area contributed by atoms with E-state index in [1.807, 2.05) is 0 Å². The molecule has 15 heavy (non-hydrogen) atoms. The molecule has 0 spiro atoms. The van der Waals surface area contributed by atoms with Crippen molar-refractivity contribution in [3.8, 4) is 5.75 Å². The summed E-state index contributed by atoms with van der Waals surface area (Å²) in [6.07, 6.45) is 0. The number of alkyl halides is 2. The highest BCUT2D eigenvalue weighted by atomic mass is 32.2. The molecule has 0 aliphatic rings. The smallest absolute Gasteiger partial charge is 0.316 e. The molecule has 0 aromatic heterocycles. The molecule has 0 aliphatic heterocycles. The van der Waals surface area contributed by atoms with Crippen molar-refractivity contribution in [2.45, 2.75) is 17.6 Å². The molecule has 0 bridgehead atoms. The minimum Gasteiger partial charge on any atom is -0.494 e. The first-order valence-electron chi connectivity index (χ1n) is 4.27. The molecule has 0 aliphatic carbocycles. The number of hydrogen-bond acceptors (Lipinski definition) is 3. The minimum atomic E-state index is -2.94. The summed E-state index contributed by atoms with van der Waals surface area (Å²) in [5.74, 6) is -2.56. The summed E-state index contributed by atoms with van der Waals surface area (Å²) in [5, 5.41) is 0. The lowest BCUT2D eigenvalue weighted by atomic mass is 10.3. The van der Waals surface area contributed by atoms with Crippen LogP contribution in [0, 0.1) is 0 Å². The van der Waals surface area contributed by atoms with E-state index in [-0.39, 0.29) is 10.6 Å². The standard InChI is InChI=1S/C9H11F2NO2S/c1-2-14-6-3-4-7(12)8(5-6)15(13)9(10)11/h3-5,9H,2,12H2,1H3. The van der Waals surface area contributed by atoms with Gasteiger partial charge >= 0.3 is 5.76 Å². The number of halogens is 2. The monoisotopic (exact) mass is 235 g/mol. The Hall–Kier alpha value is -1.17. The Kier molecular flexibility index (Phi) is 4.02. The van der Waals surface area contributed by atoms with Gasteiger partial charge in [-0.3, -0.25) is 0 Å². The number of ether oxygens (including phenoxy) is 1. The van der Waals surface area contributed by atoms with Gasteiger partial charge in [-0.15, -0.1) is 0 Å². The van der Waals surface area contributed by atoms with Crippen LogP contribution in [0.15, 0.2) is 23.1 Å². The highest BCUT2D eigenvalue weighted by molar-refractivity contribution is 7.85. The molecule has 1 aromatic carbocycles. The van der Waals surface area contributed by atoms with E-state index < -0.39 is 16.6 Å². The molecule has 1 atom stereocenters. The van der Waals surface area contributed by atoms with Crippen LogP contribution in [-0.4, -0.2) is 16.6 Å². The summed E-state index contributed by atoms with van der Waals surface area (Å²) < 4.78 is 40.7. The van der Waals surface area contributed by atoms with Gasteiger partial charge in [-0.05, 0) is 25.1 Å². The van der Waals surface area contributed by atoms with E-state index in [4.69, 9.17) is 10.5 Å². The summed E-state index contributed by atoms with van der Waals surface area (Å²) in [7, 11) is -2.40. The molecular formula is C9H11F2NO2S. The SMILES string of the molecule is CCOc1ccc(N)c(S(=O)C(F)F)c1. The fourth-order valence-electron chi connectivity index (χ4n) is 1.04. The number of anilines is 1. The maximum Gasteiger partial charge on any atom is 0.316 e. The minimum absolute atomic E-state index is 0.0806. The molecule has 1 unspecified atom stereocenters. The Bertz CT molecular complexity index is 371. The molecule has 0 amide bonds. The van der Waals surface area contributed by atoms with Crippen molar-refractivity contribution in [1.82, 2.24) is 0 Å². The van der Waals surface area contributed by atoms with Crippen LogP contribution < -0.4 is 10.5 Å². The van der Waals surface area contributed by atoms with E-state index in [0.29, 0.717) is 12.4 Å². The topological polar surface area (TPSA) is 52.3 Å². The third-order valence-electron chi connectivity index (χ3n) is 1.67. The highest BCUT2D eigenvalue weighted by Crippen LogP contribution is 2.25. The van der Waals surface area contributed by atoms with Crippen LogP contribution in [0.2, 0.25) is 0 Å². The lowest BCUT2D eigenvalue weighted by Gasteiger charge is -2.08. The fraction of sp³-hybridized carbons (Fsp3) is 0.333. The summed E-state index contributed by atoms with van der Waals surface area (Å²) in [5.41, 5.74) is 5.52. The summed E-state index contributed by atoms with van der Waals surface area (Å²) in [6, 6.07) is 4.23. The van der Waals surface area contributed by atoms with Crippen LogP contribution in [-0.2, 0) is 10.8 Å². The second kappa shape index (κ2) is 5.06. The van der Waals surface area contributed by atoms with Gasteiger partial charge < -0.3 is 10.5 Å². The Morgan fingerprint density at radius 3 is 2.73 bits per heavy atom. The van der Waals surface area contributed by atoms with Crippen molar-refractivity contribution < 1.29 is 17.7 Å². The summed E-state index contributed by atoms with van der Waals surface area (Å²) in [4.78, 5) is -0.0871. The zero-order chi connectivity index (χ0) is 11.4. The van der Waals surface area contributed by atoms with Crippen LogP contribution in [0.1, 0.15) is 6.92 Å². The second-order valence-electron chi connectivity index (χ2n) is 2.69. The Morgan fingerprint density at radius 1 is 1.53 bits per heavy atom. The largest absolute Gasteiger partial charge is 0.494 e. The van der Waals surface area contributed by atoms with Gasteiger partial charge in [0.05, 0.1) is 11.5 Å². The summed E-state index contributed by atoms with van der Waals surface area (Å²) in [6.45, 7) is 2.17. The maximum absolute atomic E-state index is 12.2. The third-order valence-corrected chi connectivity index (χ3v) is 2.79. The predicted molar refractivity (Wildman–Crippen MR) is 54.4 cm³/mol. The molecule has 0 heterocycles. The first kappa shape index (κ1) is 11.9. The van der Waals surface area contributed by atoms with E-state index in [2.05, 4.69) is 0 Å². The first-order valence-corrected chi connectivity index (χ1v) is 5.48. The third kappa shape index (κ3) is 2.89. The molecule has 0 saturated carbocycles. The van der Waals surface area contributed by atoms with Gasteiger partial charge in [0, 0.05) is 5.69 Å². The zero-order valence-corrected chi connectivity index (χ0v) is 8.89. The Balaban J connectivity index is 3.05. The van der Waals surface area contributed by atoms with Gasteiger partial charge in [0.2, 0.25) is 0 Å². The van der Waals surface area contributed by atoms with Crippen molar-refractivity contribution >= 4 is 16.5 Å². The van der Waals surface area contributed by atoms with Crippen molar-refractivity contribution in [3.05, 3.63) is 18.2 Å². The molecule has 0 radical (unpaired) electrons. The number of rotatable bonds is 4. The van der Waals surface area contributed by atoms with Crippen molar-refractivity contribution in [1.29, 1.82) is 0 Å². The number of nitrogen functional groups attached to an aromatic ring is 1. The van der Waals surface area contributed by atoms with E-state index in [1.165, 1.54) is 12.1 Å². The summed E-state index contributed by atoms with van der Waals surface area (Å²) >= 11 is 0. The Morgan fingerprint density at radius 2 is 2.20 bits per heavy atom. The van der Waals surface area contributed by atoms with Crippen LogP contribution in [0.5, 0.6) is 5.75 Å². The molecule has 6 heteroatoms. The van der Waals surface area contributed by atoms with E-state index >= 15 is 0 Å². The average molecular weight is 235 g/mol. The molecule has 0 saturated heterocycles. The van der Waals surface area contributed by atoms with Gasteiger partial charge in [0.25, 0.3) is 0 Å². The highest BCUT2D eigenvalue weighted by Gasteiger charge is 2.18. The quantitative estimate of drug-likeness (QED) is 0.812. The molecule has 1 aromatic rings. The predicted octanol–water partition coefficient (Wildman–Crippen LogP) is 2.00. The lowest BCUT2D eigenvalue weighted by Crippen LogP contribution is -2.06. The van der Waals surface area contributed by atoms with Gasteiger partial charge in [0.1, 0.15) is 16.5 Å². The zero-order valence-electron chi connectivity index (χ0n) is 8.07. The van der Waals surface area contributed by atoms with Gasteiger partial charge in [-0.1, -0.05) is 0 Å². The first-order chi connectivity index (χ1) is 7.06. The van der Waals surface area contributed by atoms with Crippen molar-refractivity contribution in [2.24, 2.45) is 0 Å². The van der Waals surface area contributed by atoms with Gasteiger partial charge in [-0.2, -0.15) is 8.78 Å². The molecular weight excluding hydrogens is 224 g/mol. The second-order valence-corrected chi connectivity index (χ2v) is 4.08. The molecule has 84 valence electrons. The average Bonchev–Trinajstić information content (AvgIpc) is 2.20. The number of hydrogen-bond donors (Lipinski definition) is 1. The van der Waals surface area contributed by atoms with Crippen molar-refractivity contribution in [3.63, 3.8) is 0 Å². The van der Waals surface area contributed by atoms with Gasteiger partial charge in [0.15, 0.2) is 0 Å². The van der Waals surface area contributed by atoms with Crippen LogP contribution >= 0.6 is 0 Å². The molecule has 1 rings (SSSR count). The number of benzene rings is 1. The van der Waals surface area contributed by atoms with E-state index in [9.17, 15) is 13.0 Å². The van der Waals surface area contributed by atoms with Crippen LogP contribution in [0.4, 0.5) is 14.5 Å². The van der Waals surface area contributed by atoms with Crippen LogP contribution in [0.3, 0.4) is 0 Å². The Labute approximate surface area is 88.7 Å². The maximum atomic E-state index is 12.2. The van der Waals surface area contributed by atoms with E-state index in [0.717, 1.165) is 0 Å². The van der Waals surface area contributed by atoms with E-state index in [1.54, 1.807) is 13.0 Å². The molecule has 3 nitrogen and oxygen atoms in total. The fourth-order valence-corrected chi connectivity index (χ4v) is 1.77. The number of nitrogens with two attached hydrogens (primary N) is 1. The van der Waals surface area contributed by atoms with Crippen molar-refractivity contribution in [2.75, 3.05) is 12.3 Å². The van der Waals surface area contributed by atoms with Crippen LogP contribution in [0.25, 0.3) is 0 Å². The lowest BCUT2D eigenvalue weighted by molar-refractivity contribution is 0.244. The molecule has 2 N–H and O–H groups in total. The van der Waals surface area contributed by atoms with Gasteiger partial charge in [-0.25, -0.2) is 4.21 Å².